The molecule has 0 rings (SSSR count). The van der Waals surface area contributed by atoms with Gasteiger partial charge in [-0.2, -0.15) is 5.53 Å². The molecule has 15 heavy (non-hydrogen) atoms. The van der Waals surface area contributed by atoms with E-state index in [4.69, 9.17) is 16.0 Å². The lowest BCUT2D eigenvalue weighted by Gasteiger charge is -2.04. The van der Waals surface area contributed by atoms with Crippen molar-refractivity contribution in [2.24, 2.45) is 36.6 Å². The average Bonchev–Trinajstić information content (AvgIpc) is 2.24. The van der Waals surface area contributed by atoms with E-state index < -0.39 is 0 Å². The van der Waals surface area contributed by atoms with Crippen LogP contribution in [0.25, 0.3) is 0 Å². The van der Waals surface area contributed by atoms with Gasteiger partial charge in [0.1, 0.15) is 0 Å². The van der Waals surface area contributed by atoms with E-state index in [1.54, 1.807) is 0 Å². The lowest BCUT2D eigenvalue weighted by atomic mass is 12.3. The van der Waals surface area contributed by atoms with Crippen molar-refractivity contribution in [2.75, 3.05) is 0 Å². The van der Waals surface area contributed by atoms with Gasteiger partial charge in [-0.3, -0.25) is 0 Å². The molecule has 0 aromatic heterocycles. The smallest absolute Gasteiger partial charge is 0.0557 e. The van der Waals surface area contributed by atoms with E-state index in [0.717, 1.165) is 0 Å². The maximum absolute atomic E-state index is 7.73. The van der Waals surface area contributed by atoms with Gasteiger partial charge >= 0.3 is 0 Å². The van der Waals surface area contributed by atoms with Crippen LogP contribution in [0.4, 0.5) is 0 Å². The van der Waals surface area contributed by atoms with Crippen LogP contribution in [-0.2, 0) is 20.1 Å². The van der Waals surface area contributed by atoms with E-state index in [1.165, 1.54) is 0 Å². The Balaban J connectivity index is 3.92. The minimum Gasteiger partial charge on any atom is -0.219 e. The van der Waals surface area contributed by atoms with Gasteiger partial charge in [0.25, 0.3) is 0 Å². The molecule has 0 radical (unpaired) electrons. The first kappa shape index (κ1) is 13.0. The summed E-state index contributed by atoms with van der Waals surface area (Å²) < 4.78 is 0. The fourth-order valence-electron chi connectivity index (χ4n) is 0.223. The molecule has 0 saturated carbocycles. The molecular formula is H3N9O6. The summed E-state index contributed by atoms with van der Waals surface area (Å²) in [6, 6.07) is 0. The summed E-state index contributed by atoms with van der Waals surface area (Å²) in [5.41, 5.74) is 6.13. The predicted molar refractivity (Wildman–Crippen MR) is 31.2 cm³/mol. The van der Waals surface area contributed by atoms with Crippen molar-refractivity contribution in [1.29, 1.82) is 5.53 Å². The van der Waals surface area contributed by atoms with Gasteiger partial charge in [0.05, 0.1) is 5.34 Å². The van der Waals surface area contributed by atoms with Crippen LogP contribution in [0.15, 0.2) is 36.6 Å². The van der Waals surface area contributed by atoms with Crippen LogP contribution < -0.4 is 0 Å². The SMILES string of the molecule is N=N/N=N/N=N/N=N/N(OOO)OOO. The Kier molecular flexibility index (Phi) is 8.68. The lowest BCUT2D eigenvalue weighted by Crippen LogP contribution is -2.17. The predicted octanol–water partition coefficient (Wildman–Crippen LogP) is 1.01. The topological polar surface area (TPSA) is 191 Å². The van der Waals surface area contributed by atoms with Crippen molar-refractivity contribution in [1.82, 2.24) is 5.34 Å². The molecule has 0 fully saturated rings. The fourth-order valence-corrected chi connectivity index (χ4v) is 0.223. The van der Waals surface area contributed by atoms with E-state index >= 15 is 0 Å². The van der Waals surface area contributed by atoms with E-state index in [1.807, 2.05) is 0 Å². The largest absolute Gasteiger partial charge is 0.219 e. The second-order valence-electron chi connectivity index (χ2n) is 1.17. The number of rotatable bonds is 8. The molecule has 0 bridgehead atoms. The molecule has 0 saturated heterocycles. The lowest BCUT2D eigenvalue weighted by molar-refractivity contribution is -0.703. The Morgan fingerprint density at radius 3 is 1.93 bits per heavy atom. The second kappa shape index (κ2) is 10.0. The molecule has 84 valence electrons. The van der Waals surface area contributed by atoms with Crippen molar-refractivity contribution in [3.63, 3.8) is 0 Å². The highest BCUT2D eigenvalue weighted by atomic mass is 17.6. The van der Waals surface area contributed by atoms with Crippen molar-refractivity contribution >= 4 is 0 Å². The fraction of sp³-hybridized carbons (Fsp3) is 0. The molecule has 15 heteroatoms. The van der Waals surface area contributed by atoms with E-state index in [0.29, 0.717) is 0 Å². The summed E-state index contributed by atoms with van der Waals surface area (Å²) in [6.45, 7) is 0. The summed E-state index contributed by atoms with van der Waals surface area (Å²) in [5.74, 6) is 0. The summed E-state index contributed by atoms with van der Waals surface area (Å²) in [7, 11) is 0. The van der Waals surface area contributed by atoms with Crippen LogP contribution in [0.2, 0.25) is 0 Å². The summed E-state index contributed by atoms with van der Waals surface area (Å²) in [6.07, 6.45) is 0. The minimum absolute atomic E-state index is 0.148. The molecular weight excluding hydrogens is 222 g/mol. The maximum atomic E-state index is 7.73. The quantitative estimate of drug-likeness (QED) is 0.311. The molecule has 0 unspecified atom stereocenters. The van der Waals surface area contributed by atoms with E-state index in [2.05, 4.69) is 56.6 Å². The highest BCUT2D eigenvalue weighted by Gasteiger charge is 2.04. The number of nitrogens with one attached hydrogen (secondary N) is 1. The van der Waals surface area contributed by atoms with Gasteiger partial charge in [0.2, 0.25) is 0 Å². The standard InChI is InChI=1S/H3N9O6/c1-2-3-4-5-6-7-8-9(12-14-10)13-15-11/h1,10-11H/b2-1?,4-3+,6-5+,8-7+. The molecule has 15 nitrogen and oxygen atoms in total. The van der Waals surface area contributed by atoms with Gasteiger partial charge in [0, 0.05) is 15.7 Å². The molecule has 0 aliphatic rings. The Labute approximate surface area is 79.3 Å². The third kappa shape index (κ3) is 8.29. The van der Waals surface area contributed by atoms with Crippen LogP contribution in [0.1, 0.15) is 0 Å². The third-order valence-electron chi connectivity index (χ3n) is 0.512. The monoisotopic (exact) mass is 225 g/mol. The van der Waals surface area contributed by atoms with Crippen LogP contribution in [0, 0.1) is 5.53 Å². The molecule has 0 aromatic carbocycles. The Morgan fingerprint density at radius 2 is 1.40 bits per heavy atom. The molecule has 0 aromatic rings. The third-order valence-corrected chi connectivity index (χ3v) is 0.512. The van der Waals surface area contributed by atoms with Gasteiger partial charge in [-0.15, -0.1) is 0 Å². The first-order valence-electron chi connectivity index (χ1n) is 2.69. The molecule has 0 aliphatic carbocycles. The second-order valence-corrected chi connectivity index (χ2v) is 1.17. The van der Waals surface area contributed by atoms with Crippen molar-refractivity contribution < 1.29 is 30.6 Å². The molecule has 0 spiro atoms. The zero-order valence-corrected chi connectivity index (χ0v) is 6.61. The molecule has 0 atom stereocenters. The van der Waals surface area contributed by atoms with Crippen LogP contribution in [-0.4, -0.2) is 15.8 Å². The summed E-state index contributed by atoms with van der Waals surface area (Å²) in [4.78, 5) is 7.25. The normalized spacial score (nSPS) is 11.9. The van der Waals surface area contributed by atoms with Crippen LogP contribution in [0.5, 0.6) is 0 Å². The van der Waals surface area contributed by atoms with E-state index in [-0.39, 0.29) is 5.34 Å². The molecule has 0 amide bonds. The Hall–Kier alpha value is -2.04. The Bertz CT molecular complexity index is 227. The molecule has 3 N–H and O–H groups in total. The molecule has 0 heterocycles. The highest BCUT2D eigenvalue weighted by Crippen LogP contribution is 1.95. The van der Waals surface area contributed by atoms with Crippen LogP contribution in [0.3, 0.4) is 0 Å². The van der Waals surface area contributed by atoms with E-state index in [9.17, 15) is 0 Å². The first-order valence-corrected chi connectivity index (χ1v) is 2.69. The number of hydrogen-bond donors (Lipinski definition) is 3. The zero-order valence-electron chi connectivity index (χ0n) is 6.61. The Morgan fingerprint density at radius 1 is 0.867 bits per heavy atom. The van der Waals surface area contributed by atoms with Crippen molar-refractivity contribution in [3.8, 4) is 0 Å². The summed E-state index contributed by atoms with van der Waals surface area (Å²) in [5, 5.41) is 40.6. The van der Waals surface area contributed by atoms with Gasteiger partial charge in [-0.25, -0.2) is 10.5 Å². The van der Waals surface area contributed by atoms with Gasteiger partial charge < -0.3 is 0 Å². The van der Waals surface area contributed by atoms with Gasteiger partial charge in [-0.1, -0.05) is 0 Å². The van der Waals surface area contributed by atoms with Crippen molar-refractivity contribution in [2.45, 2.75) is 0 Å². The minimum atomic E-state index is -0.148. The van der Waals surface area contributed by atoms with Crippen LogP contribution >= 0.6 is 0 Å². The van der Waals surface area contributed by atoms with Crippen molar-refractivity contribution in [3.05, 3.63) is 0 Å². The molecule has 0 aliphatic heterocycles. The first-order chi connectivity index (χ1) is 7.35. The summed E-state index contributed by atoms with van der Waals surface area (Å²) >= 11 is 0. The van der Waals surface area contributed by atoms with Gasteiger partial charge in [-0.05, 0) is 40.9 Å². The maximum Gasteiger partial charge on any atom is 0.0557 e. The average molecular weight is 225 g/mol. The highest BCUT2D eigenvalue weighted by molar-refractivity contribution is 4.06. The number of nitrogens with zero attached hydrogens (tertiary/aromatic N) is 8. The number of hydrogen-bond acceptors (Lipinski definition) is 8. The zero-order chi connectivity index (χ0) is 11.4. The van der Waals surface area contributed by atoms with Gasteiger partial charge in [0.15, 0.2) is 0 Å².